The van der Waals surface area contributed by atoms with Crippen molar-refractivity contribution in [2.75, 3.05) is 0 Å². The molecule has 0 radical (unpaired) electrons. The third-order valence-electron chi connectivity index (χ3n) is 1.19. The summed E-state index contributed by atoms with van der Waals surface area (Å²) in [5, 5.41) is 17.0. The summed E-state index contributed by atoms with van der Waals surface area (Å²) in [5.41, 5.74) is -3.03. The molecule has 0 saturated heterocycles. The van der Waals surface area contributed by atoms with Crippen LogP contribution in [0.2, 0.25) is 0 Å². The second-order valence-corrected chi connectivity index (χ2v) is 1.93. The number of carbonyl (C=O) groups is 1. The molecule has 1 rings (SSSR count). The van der Waals surface area contributed by atoms with Gasteiger partial charge in [-0.25, -0.2) is 9.59 Å². The van der Waals surface area contributed by atoms with Crippen LogP contribution < -0.4 is 11.2 Å². The molecule has 0 aliphatic carbocycles. The van der Waals surface area contributed by atoms with Crippen LogP contribution in [0.15, 0.2) is 15.8 Å². The summed E-state index contributed by atoms with van der Waals surface area (Å²) in [4.78, 5) is 33.3. The first-order valence-corrected chi connectivity index (χ1v) is 2.81. The Labute approximate surface area is 64.5 Å². The molecule has 0 saturated carbocycles. The molecular formula is C5H4N2O5. The zero-order chi connectivity index (χ0) is 9.30. The predicted molar refractivity (Wildman–Crippen MR) is 35.5 cm³/mol. The van der Waals surface area contributed by atoms with E-state index in [2.05, 4.69) is 0 Å². The van der Waals surface area contributed by atoms with Crippen LogP contribution in [-0.4, -0.2) is 26.0 Å². The fourth-order valence-corrected chi connectivity index (χ4v) is 0.616. The molecule has 0 amide bonds. The number of carboxylic acids is 1. The van der Waals surface area contributed by atoms with Gasteiger partial charge in [0.25, 0.3) is 0 Å². The van der Waals surface area contributed by atoms with Crippen molar-refractivity contribution in [2.45, 2.75) is 0 Å². The van der Waals surface area contributed by atoms with Crippen molar-refractivity contribution in [3.63, 3.8) is 0 Å². The molecule has 12 heavy (non-hydrogen) atoms. The molecular weight excluding hydrogens is 168 g/mol. The number of hydrogen-bond donors (Lipinski definition) is 3. The number of aromatic nitrogens is 2. The summed E-state index contributed by atoms with van der Waals surface area (Å²) in [5.74, 6) is -1.51. The van der Waals surface area contributed by atoms with Crippen molar-refractivity contribution in [3.8, 4) is 0 Å². The maximum atomic E-state index is 10.7. The maximum Gasteiger partial charge on any atom is 0.361 e. The van der Waals surface area contributed by atoms with Crippen molar-refractivity contribution in [3.05, 3.63) is 32.6 Å². The highest BCUT2D eigenvalue weighted by atomic mass is 16.5. The Bertz CT molecular complexity index is 428. The van der Waals surface area contributed by atoms with Crippen molar-refractivity contribution in [2.24, 2.45) is 0 Å². The third-order valence-corrected chi connectivity index (χ3v) is 1.19. The highest BCUT2D eigenvalue weighted by Gasteiger charge is 2.11. The molecule has 0 atom stereocenters. The molecule has 0 aromatic carbocycles. The summed E-state index contributed by atoms with van der Waals surface area (Å²) >= 11 is 0. The first-order valence-electron chi connectivity index (χ1n) is 2.81. The fourth-order valence-electron chi connectivity index (χ4n) is 0.616. The van der Waals surface area contributed by atoms with Crippen molar-refractivity contribution in [1.82, 2.24) is 9.71 Å². The van der Waals surface area contributed by atoms with Gasteiger partial charge in [0.15, 0.2) is 0 Å². The lowest BCUT2D eigenvalue weighted by atomic mass is 10.3. The Balaban J connectivity index is 3.58. The summed E-state index contributed by atoms with van der Waals surface area (Å²) in [6, 6.07) is 0. The highest BCUT2D eigenvalue weighted by molar-refractivity contribution is 5.86. The number of carboxylic acid groups (broad SMARTS) is 1. The van der Waals surface area contributed by atoms with Gasteiger partial charge in [0.2, 0.25) is 0 Å². The van der Waals surface area contributed by atoms with E-state index in [-0.39, 0.29) is 4.73 Å². The van der Waals surface area contributed by atoms with Gasteiger partial charge in [-0.1, -0.05) is 4.73 Å². The minimum absolute atomic E-state index is 0.302. The quantitative estimate of drug-likeness (QED) is 0.445. The van der Waals surface area contributed by atoms with Gasteiger partial charge in [-0.3, -0.25) is 4.79 Å². The molecule has 1 aromatic heterocycles. The maximum absolute atomic E-state index is 10.7. The second-order valence-electron chi connectivity index (χ2n) is 1.93. The lowest BCUT2D eigenvalue weighted by Gasteiger charge is -1.94. The fraction of sp³-hybridized carbons (Fsp3) is 0. The average molecular weight is 172 g/mol. The Hall–Kier alpha value is -2.05. The summed E-state index contributed by atoms with van der Waals surface area (Å²) in [7, 11) is 0. The summed E-state index contributed by atoms with van der Waals surface area (Å²) in [6.07, 6.45) is 0.722. The highest BCUT2D eigenvalue weighted by Crippen LogP contribution is 1.82. The molecule has 1 aromatic rings. The molecule has 0 aliphatic heterocycles. The Morgan fingerprint density at radius 1 is 1.50 bits per heavy atom. The Kier molecular flexibility index (Phi) is 1.70. The number of aromatic carboxylic acids is 1. The van der Waals surface area contributed by atoms with Gasteiger partial charge in [0.1, 0.15) is 5.56 Å². The zero-order valence-electron chi connectivity index (χ0n) is 5.64. The molecule has 64 valence electrons. The lowest BCUT2D eigenvalue weighted by Crippen LogP contribution is -2.36. The normalized spacial score (nSPS) is 9.67. The van der Waals surface area contributed by atoms with Gasteiger partial charge >= 0.3 is 17.2 Å². The largest absolute Gasteiger partial charge is 0.477 e. The van der Waals surface area contributed by atoms with Crippen LogP contribution in [0.25, 0.3) is 0 Å². The van der Waals surface area contributed by atoms with E-state index in [1.807, 2.05) is 4.98 Å². The van der Waals surface area contributed by atoms with Crippen LogP contribution in [0.5, 0.6) is 0 Å². The van der Waals surface area contributed by atoms with Gasteiger partial charge in [-0.05, 0) is 0 Å². The van der Waals surface area contributed by atoms with Gasteiger partial charge in [-0.2, -0.15) is 0 Å². The van der Waals surface area contributed by atoms with Crippen LogP contribution in [0.3, 0.4) is 0 Å². The molecule has 7 nitrogen and oxygen atoms in total. The molecule has 7 heteroatoms. The smallest absolute Gasteiger partial charge is 0.361 e. The van der Waals surface area contributed by atoms with Crippen LogP contribution in [0, 0.1) is 0 Å². The van der Waals surface area contributed by atoms with E-state index in [0.29, 0.717) is 0 Å². The Morgan fingerprint density at radius 2 is 2.08 bits per heavy atom. The predicted octanol–water partition coefficient (Wildman–Crippen LogP) is -1.53. The first kappa shape index (κ1) is 8.05. The van der Waals surface area contributed by atoms with E-state index >= 15 is 0 Å². The number of H-pyrrole nitrogens is 1. The third kappa shape index (κ3) is 1.07. The monoisotopic (exact) mass is 172 g/mol. The van der Waals surface area contributed by atoms with Crippen LogP contribution >= 0.6 is 0 Å². The minimum atomic E-state index is -1.51. The van der Waals surface area contributed by atoms with E-state index in [4.69, 9.17) is 10.3 Å². The Morgan fingerprint density at radius 3 is 2.58 bits per heavy atom. The molecule has 0 fully saturated rings. The van der Waals surface area contributed by atoms with E-state index in [9.17, 15) is 14.4 Å². The average Bonchev–Trinajstić information content (AvgIpc) is 2.00. The lowest BCUT2D eigenvalue weighted by molar-refractivity contribution is 0.0685. The number of nitrogens with one attached hydrogen (secondary N) is 1. The summed E-state index contributed by atoms with van der Waals surface area (Å²) < 4.78 is -0.302. The van der Waals surface area contributed by atoms with E-state index < -0.39 is 22.8 Å². The van der Waals surface area contributed by atoms with Crippen LogP contribution in [0.4, 0.5) is 0 Å². The van der Waals surface area contributed by atoms with Gasteiger partial charge in [0, 0.05) is 6.20 Å². The molecule has 0 bridgehead atoms. The van der Waals surface area contributed by atoms with Crippen molar-refractivity contribution in [1.29, 1.82) is 0 Å². The van der Waals surface area contributed by atoms with E-state index in [1.54, 1.807) is 0 Å². The minimum Gasteiger partial charge on any atom is -0.477 e. The zero-order valence-corrected chi connectivity index (χ0v) is 5.64. The second kappa shape index (κ2) is 2.53. The number of aromatic amines is 1. The number of nitrogens with zero attached hydrogens (tertiary/aromatic N) is 1. The number of hydrogen-bond acceptors (Lipinski definition) is 4. The van der Waals surface area contributed by atoms with Gasteiger partial charge in [-0.15, -0.1) is 0 Å². The number of rotatable bonds is 1. The van der Waals surface area contributed by atoms with Gasteiger partial charge < -0.3 is 15.3 Å². The van der Waals surface area contributed by atoms with E-state index in [1.165, 1.54) is 0 Å². The topological polar surface area (TPSA) is 112 Å². The van der Waals surface area contributed by atoms with Crippen LogP contribution in [-0.2, 0) is 0 Å². The van der Waals surface area contributed by atoms with Crippen molar-refractivity contribution >= 4 is 5.97 Å². The summed E-state index contributed by atoms with van der Waals surface area (Å²) in [6.45, 7) is 0. The first-order chi connectivity index (χ1) is 5.54. The van der Waals surface area contributed by atoms with E-state index in [0.717, 1.165) is 6.20 Å². The van der Waals surface area contributed by atoms with Crippen LogP contribution in [0.1, 0.15) is 10.4 Å². The van der Waals surface area contributed by atoms with Crippen molar-refractivity contribution < 1.29 is 15.1 Å². The molecule has 0 spiro atoms. The van der Waals surface area contributed by atoms with Gasteiger partial charge in [0.05, 0.1) is 0 Å². The molecule has 0 aliphatic rings. The molecule has 0 unspecified atom stereocenters. The standard InChI is InChI=1S/C5H4N2O5/c8-3-2(4(9)10)1-6-5(11)7(3)12/h1,12H,(H,6,11)(H,9,10). The SMILES string of the molecule is O=C(O)c1c[nH]c(=O)n(O)c1=O. The molecule has 1 heterocycles. The molecule has 3 N–H and O–H groups in total.